The standard InChI is InChI=1S/C14H11BrClF2NO/c15-12(7-10-4-5-19-8-13(10)16)9-2-1-3-11(6-9)20-14(17)18/h1-6,8,12,14H,7H2. The van der Waals surface area contributed by atoms with E-state index in [4.69, 9.17) is 11.6 Å². The molecule has 2 rings (SSSR count). The summed E-state index contributed by atoms with van der Waals surface area (Å²) in [7, 11) is 0. The molecule has 0 aliphatic heterocycles. The Bertz CT molecular complexity index is 583. The van der Waals surface area contributed by atoms with E-state index in [0.717, 1.165) is 11.1 Å². The molecule has 0 amide bonds. The summed E-state index contributed by atoms with van der Waals surface area (Å²) in [6.07, 6.45) is 3.86. The fraction of sp³-hybridized carbons (Fsp3) is 0.214. The maximum Gasteiger partial charge on any atom is 0.387 e. The molecule has 0 bridgehead atoms. The minimum Gasteiger partial charge on any atom is -0.435 e. The van der Waals surface area contributed by atoms with E-state index in [9.17, 15) is 8.78 Å². The normalized spacial score (nSPS) is 12.4. The molecule has 20 heavy (non-hydrogen) atoms. The van der Waals surface area contributed by atoms with Crippen molar-refractivity contribution in [1.29, 1.82) is 0 Å². The fourth-order valence-electron chi connectivity index (χ4n) is 1.77. The number of hydrogen-bond acceptors (Lipinski definition) is 2. The minimum atomic E-state index is -2.83. The average molecular weight is 363 g/mol. The number of aromatic nitrogens is 1. The van der Waals surface area contributed by atoms with E-state index in [2.05, 4.69) is 25.7 Å². The Balaban J connectivity index is 2.13. The average Bonchev–Trinajstić information content (AvgIpc) is 2.41. The first kappa shape index (κ1) is 15.2. The van der Waals surface area contributed by atoms with Gasteiger partial charge in [0.05, 0.1) is 5.02 Å². The Kier molecular flexibility index (Phi) is 5.31. The first-order valence-corrected chi connectivity index (χ1v) is 7.13. The van der Waals surface area contributed by atoms with Gasteiger partial charge in [0.25, 0.3) is 0 Å². The molecule has 0 saturated heterocycles. The molecule has 1 aromatic heterocycles. The van der Waals surface area contributed by atoms with Crippen molar-refractivity contribution in [2.45, 2.75) is 17.9 Å². The van der Waals surface area contributed by atoms with Gasteiger partial charge in [0.1, 0.15) is 5.75 Å². The van der Waals surface area contributed by atoms with Crippen LogP contribution in [0.25, 0.3) is 0 Å². The van der Waals surface area contributed by atoms with Crippen LogP contribution in [-0.2, 0) is 6.42 Å². The van der Waals surface area contributed by atoms with Gasteiger partial charge in [-0.05, 0) is 35.7 Å². The van der Waals surface area contributed by atoms with Crippen molar-refractivity contribution in [2.24, 2.45) is 0 Å². The van der Waals surface area contributed by atoms with Crippen molar-refractivity contribution < 1.29 is 13.5 Å². The zero-order valence-electron chi connectivity index (χ0n) is 10.3. The molecule has 0 aliphatic carbocycles. The molecule has 0 N–H and O–H groups in total. The topological polar surface area (TPSA) is 22.1 Å². The molecule has 1 unspecified atom stereocenters. The van der Waals surface area contributed by atoms with Crippen molar-refractivity contribution in [3.8, 4) is 5.75 Å². The van der Waals surface area contributed by atoms with Crippen molar-refractivity contribution in [1.82, 2.24) is 4.98 Å². The van der Waals surface area contributed by atoms with Crippen molar-refractivity contribution in [3.63, 3.8) is 0 Å². The third kappa shape index (κ3) is 4.15. The van der Waals surface area contributed by atoms with Crippen LogP contribution in [0.5, 0.6) is 5.75 Å². The van der Waals surface area contributed by atoms with Gasteiger partial charge in [0.15, 0.2) is 0 Å². The summed E-state index contributed by atoms with van der Waals surface area (Å²) in [5.74, 6) is 0.141. The molecule has 0 fully saturated rings. The van der Waals surface area contributed by atoms with Crippen LogP contribution in [0.15, 0.2) is 42.7 Å². The van der Waals surface area contributed by atoms with Gasteiger partial charge in [0.2, 0.25) is 0 Å². The van der Waals surface area contributed by atoms with Crippen molar-refractivity contribution in [2.75, 3.05) is 0 Å². The number of alkyl halides is 3. The highest BCUT2D eigenvalue weighted by Gasteiger charge is 2.12. The van der Waals surface area contributed by atoms with E-state index < -0.39 is 6.61 Å². The van der Waals surface area contributed by atoms with Crippen molar-refractivity contribution >= 4 is 27.5 Å². The number of benzene rings is 1. The van der Waals surface area contributed by atoms with E-state index >= 15 is 0 Å². The summed E-state index contributed by atoms with van der Waals surface area (Å²) in [5.41, 5.74) is 1.78. The Hall–Kier alpha value is -1.20. The second kappa shape index (κ2) is 6.99. The van der Waals surface area contributed by atoms with Crippen LogP contribution in [0.3, 0.4) is 0 Å². The Morgan fingerprint density at radius 1 is 1.30 bits per heavy atom. The molecule has 2 aromatic rings. The monoisotopic (exact) mass is 361 g/mol. The van der Waals surface area contributed by atoms with Crippen LogP contribution in [0.2, 0.25) is 5.02 Å². The molecule has 1 atom stereocenters. The summed E-state index contributed by atoms with van der Waals surface area (Å²) >= 11 is 9.58. The SMILES string of the molecule is FC(F)Oc1cccc(C(Br)Cc2ccncc2Cl)c1. The third-order valence-electron chi connectivity index (χ3n) is 2.70. The minimum absolute atomic E-state index is 0.0522. The Morgan fingerprint density at radius 2 is 2.10 bits per heavy atom. The second-order valence-electron chi connectivity index (χ2n) is 4.09. The number of rotatable bonds is 5. The lowest BCUT2D eigenvalue weighted by atomic mass is 10.1. The van der Waals surface area contributed by atoms with Crippen LogP contribution in [-0.4, -0.2) is 11.6 Å². The lowest BCUT2D eigenvalue weighted by molar-refractivity contribution is -0.0498. The first-order valence-electron chi connectivity index (χ1n) is 5.83. The van der Waals surface area contributed by atoms with E-state index in [1.807, 2.05) is 12.1 Å². The molecule has 6 heteroatoms. The van der Waals surface area contributed by atoms with Crippen LogP contribution in [0.4, 0.5) is 8.78 Å². The summed E-state index contributed by atoms with van der Waals surface area (Å²) in [6.45, 7) is -2.83. The molecule has 0 spiro atoms. The van der Waals surface area contributed by atoms with Crippen LogP contribution < -0.4 is 4.74 Å². The molecule has 0 radical (unpaired) electrons. The van der Waals surface area contributed by atoms with Gasteiger partial charge in [-0.2, -0.15) is 8.78 Å². The Morgan fingerprint density at radius 3 is 2.80 bits per heavy atom. The molecule has 0 aliphatic rings. The van der Waals surface area contributed by atoms with Crippen molar-refractivity contribution in [3.05, 3.63) is 58.9 Å². The van der Waals surface area contributed by atoms with Gasteiger partial charge < -0.3 is 4.74 Å². The van der Waals surface area contributed by atoms with Gasteiger partial charge in [-0.3, -0.25) is 4.98 Å². The molecular formula is C14H11BrClF2NO. The Labute approximate surface area is 128 Å². The van der Waals surface area contributed by atoms with Gasteiger partial charge in [0, 0.05) is 17.2 Å². The number of halogens is 4. The summed E-state index contributed by atoms with van der Waals surface area (Å²) < 4.78 is 28.8. The lowest BCUT2D eigenvalue weighted by Crippen LogP contribution is -2.03. The quantitative estimate of drug-likeness (QED) is 0.697. The highest BCUT2D eigenvalue weighted by atomic mass is 79.9. The van der Waals surface area contributed by atoms with Crippen LogP contribution >= 0.6 is 27.5 Å². The molecule has 106 valence electrons. The summed E-state index contributed by atoms with van der Waals surface area (Å²) in [5, 5.41) is 0.580. The highest BCUT2D eigenvalue weighted by Crippen LogP contribution is 2.31. The lowest BCUT2D eigenvalue weighted by Gasteiger charge is -2.13. The van der Waals surface area contributed by atoms with Gasteiger partial charge in [-0.25, -0.2) is 0 Å². The van der Waals surface area contributed by atoms with E-state index in [0.29, 0.717) is 11.4 Å². The zero-order chi connectivity index (χ0) is 14.5. The number of hydrogen-bond donors (Lipinski definition) is 0. The second-order valence-corrected chi connectivity index (χ2v) is 5.60. The fourth-order valence-corrected chi connectivity index (χ4v) is 2.60. The first-order chi connectivity index (χ1) is 9.56. The number of nitrogens with zero attached hydrogens (tertiary/aromatic N) is 1. The van der Waals surface area contributed by atoms with Crippen LogP contribution in [0.1, 0.15) is 16.0 Å². The maximum atomic E-state index is 12.2. The van der Waals surface area contributed by atoms with Gasteiger partial charge >= 0.3 is 6.61 Å². The molecular weight excluding hydrogens is 352 g/mol. The molecule has 0 saturated carbocycles. The predicted octanol–water partition coefficient (Wildman–Crippen LogP) is 5.02. The molecule has 1 aromatic carbocycles. The summed E-state index contributed by atoms with van der Waals surface area (Å²) in [6, 6.07) is 8.42. The highest BCUT2D eigenvalue weighted by molar-refractivity contribution is 9.09. The van der Waals surface area contributed by atoms with E-state index in [-0.39, 0.29) is 10.6 Å². The number of pyridine rings is 1. The van der Waals surface area contributed by atoms with Gasteiger partial charge in [-0.1, -0.05) is 39.7 Å². The van der Waals surface area contributed by atoms with E-state index in [1.165, 1.54) is 6.07 Å². The maximum absolute atomic E-state index is 12.2. The predicted molar refractivity (Wildman–Crippen MR) is 77.7 cm³/mol. The van der Waals surface area contributed by atoms with Crippen LogP contribution in [0, 0.1) is 0 Å². The zero-order valence-corrected chi connectivity index (χ0v) is 12.6. The third-order valence-corrected chi connectivity index (χ3v) is 3.89. The summed E-state index contributed by atoms with van der Waals surface area (Å²) in [4.78, 5) is 3.87. The smallest absolute Gasteiger partial charge is 0.387 e. The molecule has 2 nitrogen and oxygen atoms in total. The van der Waals surface area contributed by atoms with Gasteiger partial charge in [-0.15, -0.1) is 0 Å². The number of ether oxygens (including phenoxy) is 1. The molecule has 1 heterocycles. The van der Waals surface area contributed by atoms with E-state index in [1.54, 1.807) is 24.5 Å². The largest absolute Gasteiger partial charge is 0.435 e.